The standard InChI is InChI=1S/C14H24N2S/c1-14(2,3)12-9-15-13(17)16(12)10-11-7-5-4-6-8-11/h9,11H,4-8,10H2,1-3H3,(H,15,17). The summed E-state index contributed by atoms with van der Waals surface area (Å²) in [6.45, 7) is 7.86. The summed E-state index contributed by atoms with van der Waals surface area (Å²) < 4.78 is 3.21. The average molecular weight is 252 g/mol. The molecular formula is C14H24N2S. The molecule has 1 heterocycles. The van der Waals surface area contributed by atoms with Gasteiger partial charge in [-0.1, -0.05) is 40.0 Å². The van der Waals surface area contributed by atoms with E-state index >= 15 is 0 Å². The van der Waals surface area contributed by atoms with Gasteiger partial charge in [-0.25, -0.2) is 0 Å². The van der Waals surface area contributed by atoms with Crippen molar-refractivity contribution in [2.45, 2.75) is 64.8 Å². The van der Waals surface area contributed by atoms with Crippen LogP contribution in [0.3, 0.4) is 0 Å². The van der Waals surface area contributed by atoms with Gasteiger partial charge in [0.25, 0.3) is 0 Å². The van der Waals surface area contributed by atoms with Crippen molar-refractivity contribution in [3.63, 3.8) is 0 Å². The number of nitrogens with one attached hydrogen (secondary N) is 1. The third-order valence-electron chi connectivity index (χ3n) is 3.80. The van der Waals surface area contributed by atoms with Crippen molar-refractivity contribution >= 4 is 12.2 Å². The van der Waals surface area contributed by atoms with Gasteiger partial charge in [-0.2, -0.15) is 0 Å². The highest BCUT2D eigenvalue weighted by molar-refractivity contribution is 7.71. The summed E-state index contributed by atoms with van der Waals surface area (Å²) in [5, 5.41) is 0. The molecule has 1 saturated carbocycles. The van der Waals surface area contributed by atoms with Crippen LogP contribution in [-0.2, 0) is 12.0 Å². The highest BCUT2D eigenvalue weighted by Crippen LogP contribution is 2.28. The smallest absolute Gasteiger partial charge is 0.177 e. The van der Waals surface area contributed by atoms with E-state index in [1.165, 1.54) is 37.8 Å². The van der Waals surface area contributed by atoms with Gasteiger partial charge < -0.3 is 9.55 Å². The normalized spacial score (nSPS) is 18.5. The van der Waals surface area contributed by atoms with Gasteiger partial charge in [0.2, 0.25) is 0 Å². The van der Waals surface area contributed by atoms with Crippen molar-refractivity contribution in [2.75, 3.05) is 0 Å². The number of rotatable bonds is 2. The van der Waals surface area contributed by atoms with Gasteiger partial charge in [-0.3, -0.25) is 0 Å². The lowest BCUT2D eigenvalue weighted by Crippen LogP contribution is -2.22. The second-order valence-electron chi connectivity index (χ2n) is 6.34. The molecule has 0 atom stereocenters. The first-order valence-corrected chi connectivity index (χ1v) is 7.18. The minimum absolute atomic E-state index is 0.169. The second-order valence-corrected chi connectivity index (χ2v) is 6.73. The first-order valence-electron chi connectivity index (χ1n) is 6.77. The maximum atomic E-state index is 5.42. The molecule has 1 aliphatic carbocycles. The van der Waals surface area contributed by atoms with Crippen LogP contribution in [0.15, 0.2) is 6.20 Å². The van der Waals surface area contributed by atoms with Crippen LogP contribution < -0.4 is 0 Å². The van der Waals surface area contributed by atoms with Crippen molar-refractivity contribution in [3.05, 3.63) is 16.7 Å². The Labute approximate surface area is 109 Å². The van der Waals surface area contributed by atoms with E-state index in [4.69, 9.17) is 12.2 Å². The summed E-state index contributed by atoms with van der Waals surface area (Å²) in [4.78, 5) is 3.21. The summed E-state index contributed by atoms with van der Waals surface area (Å²) in [5.41, 5.74) is 1.51. The molecule has 0 spiro atoms. The molecule has 0 unspecified atom stereocenters. The molecule has 96 valence electrons. The minimum Gasteiger partial charge on any atom is -0.337 e. The maximum absolute atomic E-state index is 5.42. The molecule has 0 radical (unpaired) electrons. The van der Waals surface area contributed by atoms with Gasteiger partial charge in [-0.05, 0) is 31.0 Å². The molecule has 0 saturated heterocycles. The van der Waals surface area contributed by atoms with Gasteiger partial charge >= 0.3 is 0 Å². The molecule has 3 heteroatoms. The second kappa shape index (κ2) is 4.97. The van der Waals surface area contributed by atoms with Crippen LogP contribution in [0.4, 0.5) is 0 Å². The number of hydrogen-bond acceptors (Lipinski definition) is 1. The number of nitrogens with zero attached hydrogens (tertiary/aromatic N) is 1. The van der Waals surface area contributed by atoms with Crippen LogP contribution in [-0.4, -0.2) is 9.55 Å². The Balaban J connectivity index is 2.19. The monoisotopic (exact) mass is 252 g/mol. The Kier molecular flexibility index (Phi) is 3.76. The van der Waals surface area contributed by atoms with Crippen LogP contribution in [0.5, 0.6) is 0 Å². The molecule has 0 aromatic carbocycles. The lowest BCUT2D eigenvalue weighted by Gasteiger charge is -2.26. The molecular weight excluding hydrogens is 228 g/mol. The van der Waals surface area contributed by atoms with E-state index in [2.05, 4.69) is 36.5 Å². The molecule has 0 bridgehead atoms. The lowest BCUT2D eigenvalue weighted by molar-refractivity contribution is 0.310. The van der Waals surface area contributed by atoms with Crippen LogP contribution in [0.1, 0.15) is 58.6 Å². The molecule has 2 nitrogen and oxygen atoms in total. The van der Waals surface area contributed by atoms with Crippen LogP contribution in [0.25, 0.3) is 0 Å². The third kappa shape index (κ3) is 3.01. The Morgan fingerprint density at radius 1 is 1.29 bits per heavy atom. The van der Waals surface area contributed by atoms with E-state index < -0.39 is 0 Å². The van der Waals surface area contributed by atoms with Crippen LogP contribution in [0.2, 0.25) is 0 Å². The molecule has 1 N–H and O–H groups in total. The van der Waals surface area contributed by atoms with Crippen LogP contribution in [0, 0.1) is 10.7 Å². The van der Waals surface area contributed by atoms with E-state index in [1.807, 2.05) is 0 Å². The Morgan fingerprint density at radius 2 is 1.94 bits per heavy atom. The first kappa shape index (κ1) is 12.9. The Morgan fingerprint density at radius 3 is 2.53 bits per heavy atom. The van der Waals surface area contributed by atoms with E-state index in [0.29, 0.717) is 0 Å². The predicted octanol–water partition coefficient (Wildman–Crippen LogP) is 4.42. The predicted molar refractivity (Wildman–Crippen MR) is 74.9 cm³/mol. The highest BCUT2D eigenvalue weighted by atomic mass is 32.1. The van der Waals surface area contributed by atoms with Crippen molar-refractivity contribution in [2.24, 2.45) is 5.92 Å². The fourth-order valence-corrected chi connectivity index (χ4v) is 3.06. The molecule has 0 aliphatic heterocycles. The molecule has 2 rings (SSSR count). The molecule has 1 fully saturated rings. The SMILES string of the molecule is CC(C)(C)c1c[nH]c(=S)n1CC1CCCCC1. The van der Waals surface area contributed by atoms with E-state index in [-0.39, 0.29) is 5.41 Å². The largest absolute Gasteiger partial charge is 0.337 e. The van der Waals surface area contributed by atoms with Crippen molar-refractivity contribution in [3.8, 4) is 0 Å². The summed E-state index contributed by atoms with van der Waals surface area (Å²) in [7, 11) is 0. The molecule has 1 aromatic rings. The third-order valence-corrected chi connectivity index (χ3v) is 4.14. The van der Waals surface area contributed by atoms with Gasteiger partial charge in [0.1, 0.15) is 0 Å². The highest BCUT2D eigenvalue weighted by Gasteiger charge is 2.22. The van der Waals surface area contributed by atoms with Gasteiger partial charge in [0.15, 0.2) is 4.77 Å². The number of aromatic amines is 1. The molecule has 1 aromatic heterocycles. The zero-order valence-corrected chi connectivity index (χ0v) is 12.1. The van der Waals surface area contributed by atoms with Crippen LogP contribution >= 0.6 is 12.2 Å². The number of H-pyrrole nitrogens is 1. The average Bonchev–Trinajstić information content (AvgIpc) is 2.62. The number of hydrogen-bond donors (Lipinski definition) is 1. The van der Waals surface area contributed by atoms with Crippen molar-refractivity contribution in [1.82, 2.24) is 9.55 Å². The quantitative estimate of drug-likeness (QED) is 0.773. The Hall–Kier alpha value is -0.570. The number of imidazole rings is 1. The van der Waals surface area contributed by atoms with E-state index in [1.54, 1.807) is 0 Å². The molecule has 1 aliphatic rings. The van der Waals surface area contributed by atoms with Gasteiger partial charge in [0.05, 0.1) is 0 Å². The van der Waals surface area contributed by atoms with E-state index in [0.717, 1.165) is 17.2 Å². The molecule has 17 heavy (non-hydrogen) atoms. The zero-order valence-electron chi connectivity index (χ0n) is 11.3. The Bertz CT molecular complexity index is 416. The summed E-state index contributed by atoms with van der Waals surface area (Å²) in [6, 6.07) is 0. The van der Waals surface area contributed by atoms with Crippen molar-refractivity contribution < 1.29 is 0 Å². The number of aromatic nitrogens is 2. The molecule has 0 amide bonds. The van der Waals surface area contributed by atoms with Crippen molar-refractivity contribution in [1.29, 1.82) is 0 Å². The van der Waals surface area contributed by atoms with E-state index in [9.17, 15) is 0 Å². The lowest BCUT2D eigenvalue weighted by atomic mass is 9.88. The first-order chi connectivity index (χ1) is 7.98. The summed E-state index contributed by atoms with van der Waals surface area (Å²) in [6.07, 6.45) is 9.04. The fourth-order valence-electron chi connectivity index (χ4n) is 2.83. The fraction of sp³-hybridized carbons (Fsp3) is 0.786. The van der Waals surface area contributed by atoms with Gasteiger partial charge in [-0.15, -0.1) is 0 Å². The summed E-state index contributed by atoms with van der Waals surface area (Å²) >= 11 is 5.42. The zero-order chi connectivity index (χ0) is 12.5. The van der Waals surface area contributed by atoms with Gasteiger partial charge in [0, 0.05) is 23.9 Å². The summed E-state index contributed by atoms with van der Waals surface area (Å²) in [5.74, 6) is 0.826. The topological polar surface area (TPSA) is 20.7 Å². The minimum atomic E-state index is 0.169. The maximum Gasteiger partial charge on any atom is 0.177 e.